The van der Waals surface area contributed by atoms with Gasteiger partial charge in [-0.05, 0) is 94.0 Å². The van der Waals surface area contributed by atoms with Crippen molar-refractivity contribution < 1.29 is 4.79 Å². The fraction of sp³-hybridized carbons (Fsp3) is 0.382. The predicted molar refractivity (Wildman–Crippen MR) is 157 cm³/mol. The lowest BCUT2D eigenvalue weighted by atomic mass is 9.64. The van der Waals surface area contributed by atoms with Crippen molar-refractivity contribution in [1.82, 2.24) is 0 Å². The lowest BCUT2D eigenvalue weighted by Crippen LogP contribution is -2.50. The van der Waals surface area contributed by atoms with E-state index in [0.717, 1.165) is 30.5 Å². The lowest BCUT2D eigenvalue weighted by molar-refractivity contribution is 0.0970. The minimum Gasteiger partial charge on any atom is -0.380 e. The monoisotopic (exact) mass is 492 g/mol. The van der Waals surface area contributed by atoms with Crippen LogP contribution in [0.3, 0.4) is 0 Å². The molecule has 3 heteroatoms. The quantitative estimate of drug-likeness (QED) is 0.397. The summed E-state index contributed by atoms with van der Waals surface area (Å²) in [5, 5.41) is 3.75. The van der Waals surface area contributed by atoms with Crippen LogP contribution in [0.2, 0.25) is 0 Å². The molecule has 0 fully saturated rings. The molecule has 0 aliphatic carbocycles. The van der Waals surface area contributed by atoms with Crippen LogP contribution < -0.4 is 10.2 Å². The topological polar surface area (TPSA) is 32.3 Å². The summed E-state index contributed by atoms with van der Waals surface area (Å²) in [6.45, 7) is 15.6. The molecule has 192 valence electrons. The molecule has 3 aromatic rings. The van der Waals surface area contributed by atoms with E-state index in [-0.39, 0.29) is 16.9 Å². The number of amides is 1. The number of carbonyl (C=O) groups excluding carboxylic acids is 1. The predicted octanol–water partition coefficient (Wildman–Crippen LogP) is 8.38. The number of aryl methyl sites for hydroxylation is 1. The van der Waals surface area contributed by atoms with Gasteiger partial charge in [0, 0.05) is 27.8 Å². The highest BCUT2D eigenvalue weighted by Crippen LogP contribution is 2.52. The molecule has 0 unspecified atom stereocenters. The van der Waals surface area contributed by atoms with Crippen LogP contribution in [0.4, 0.5) is 11.4 Å². The van der Waals surface area contributed by atoms with Gasteiger partial charge >= 0.3 is 0 Å². The van der Waals surface area contributed by atoms with Crippen LogP contribution in [-0.4, -0.2) is 17.0 Å². The van der Waals surface area contributed by atoms with E-state index >= 15 is 0 Å². The second-order valence-corrected chi connectivity index (χ2v) is 12.3. The zero-order valence-electron chi connectivity index (χ0n) is 23.4. The number of rotatable bonds is 4. The number of nitrogens with zero attached hydrogens (tertiary/aromatic N) is 1. The molecule has 0 radical (unpaired) electrons. The van der Waals surface area contributed by atoms with Crippen molar-refractivity contribution in [2.75, 3.05) is 10.2 Å². The van der Waals surface area contributed by atoms with Crippen LogP contribution in [0.5, 0.6) is 0 Å². The molecule has 0 spiro atoms. The van der Waals surface area contributed by atoms with E-state index in [1.165, 1.54) is 33.5 Å². The molecule has 5 rings (SSSR count). The summed E-state index contributed by atoms with van der Waals surface area (Å²) < 4.78 is 0. The molecule has 3 aromatic carbocycles. The molecular formula is C34H40N2O. The van der Waals surface area contributed by atoms with Crippen LogP contribution >= 0.6 is 0 Å². The van der Waals surface area contributed by atoms with Gasteiger partial charge in [-0.1, -0.05) is 68.8 Å². The van der Waals surface area contributed by atoms with Crippen LogP contribution in [-0.2, 0) is 11.8 Å². The van der Waals surface area contributed by atoms with Crippen molar-refractivity contribution in [1.29, 1.82) is 0 Å². The average molecular weight is 493 g/mol. The fourth-order valence-corrected chi connectivity index (χ4v) is 6.88. The normalized spacial score (nSPS) is 21.4. The summed E-state index contributed by atoms with van der Waals surface area (Å²) >= 11 is 0. The van der Waals surface area contributed by atoms with Gasteiger partial charge in [0.15, 0.2) is 0 Å². The fourth-order valence-electron chi connectivity index (χ4n) is 6.88. The Labute approximate surface area is 222 Å². The maximum Gasteiger partial charge on any atom is 0.259 e. The van der Waals surface area contributed by atoms with Gasteiger partial charge in [0.05, 0.1) is 11.2 Å². The highest BCUT2D eigenvalue weighted by Gasteiger charge is 2.45. The van der Waals surface area contributed by atoms with E-state index in [9.17, 15) is 4.79 Å². The minimum atomic E-state index is -0.443. The third kappa shape index (κ3) is 4.29. The molecule has 2 aliphatic rings. The Hall–Kier alpha value is -3.33. The molecule has 0 saturated carbocycles. The zero-order chi connectivity index (χ0) is 26.6. The Morgan fingerprint density at radius 1 is 0.892 bits per heavy atom. The first-order valence-electron chi connectivity index (χ1n) is 13.6. The first-order chi connectivity index (χ1) is 17.5. The standard InChI is InChI=1S/C34H40N2O/c1-8-12-24-17-19-25(20-18-24)31(37)36-29-16-11-14-27(30(29)23(2)21-33(36,5)6)34(7)22-32(3,4)35-28-15-10-9-13-26(28)34/h9-11,13-21,35H,8,12,22H2,1-7H3/t34-/m0/s1. The molecule has 0 bridgehead atoms. The molecule has 37 heavy (non-hydrogen) atoms. The SMILES string of the molecule is CCCc1ccc(C(=O)N2c3cccc([C@@]4(C)CC(C)(C)Nc5ccccc54)c3C(C)=CC2(C)C)cc1. The zero-order valence-corrected chi connectivity index (χ0v) is 23.4. The highest BCUT2D eigenvalue weighted by atomic mass is 16.2. The van der Waals surface area contributed by atoms with Crippen LogP contribution in [0.15, 0.2) is 72.8 Å². The lowest BCUT2D eigenvalue weighted by Gasteiger charge is -2.48. The van der Waals surface area contributed by atoms with Crippen molar-refractivity contribution in [3.8, 4) is 0 Å². The van der Waals surface area contributed by atoms with Crippen molar-refractivity contribution in [2.45, 2.75) is 84.2 Å². The Morgan fingerprint density at radius 2 is 1.57 bits per heavy atom. The van der Waals surface area contributed by atoms with Crippen molar-refractivity contribution in [3.05, 3.63) is 101 Å². The van der Waals surface area contributed by atoms with E-state index in [0.29, 0.717) is 0 Å². The van der Waals surface area contributed by atoms with Gasteiger partial charge in [0.25, 0.3) is 5.91 Å². The average Bonchev–Trinajstić information content (AvgIpc) is 2.83. The number of carbonyl (C=O) groups is 1. The molecule has 0 aromatic heterocycles. The summed E-state index contributed by atoms with van der Waals surface area (Å²) in [5.74, 6) is 0.0476. The Kier molecular flexibility index (Phi) is 6.09. The first kappa shape index (κ1) is 25.3. The van der Waals surface area contributed by atoms with E-state index in [1.807, 2.05) is 17.0 Å². The molecule has 1 atom stereocenters. The van der Waals surface area contributed by atoms with Gasteiger partial charge < -0.3 is 5.32 Å². The number of para-hydroxylation sites is 1. The largest absolute Gasteiger partial charge is 0.380 e. The minimum absolute atomic E-state index is 0.0476. The maximum absolute atomic E-state index is 14.1. The van der Waals surface area contributed by atoms with Crippen molar-refractivity contribution in [3.63, 3.8) is 0 Å². The first-order valence-corrected chi connectivity index (χ1v) is 13.6. The Balaban J connectivity index is 1.68. The number of hydrogen-bond donors (Lipinski definition) is 1. The van der Waals surface area contributed by atoms with E-state index in [1.54, 1.807) is 0 Å². The van der Waals surface area contributed by atoms with Crippen LogP contribution in [0, 0.1) is 0 Å². The van der Waals surface area contributed by atoms with E-state index < -0.39 is 5.54 Å². The van der Waals surface area contributed by atoms with Gasteiger partial charge in [-0.3, -0.25) is 9.69 Å². The third-order valence-corrected chi connectivity index (χ3v) is 8.15. The van der Waals surface area contributed by atoms with E-state index in [2.05, 4.69) is 114 Å². The molecular weight excluding hydrogens is 452 g/mol. The molecule has 1 N–H and O–H groups in total. The molecule has 2 heterocycles. The third-order valence-electron chi connectivity index (χ3n) is 8.15. The van der Waals surface area contributed by atoms with Crippen LogP contribution in [0.25, 0.3) is 5.57 Å². The molecule has 0 saturated heterocycles. The van der Waals surface area contributed by atoms with Gasteiger partial charge in [-0.2, -0.15) is 0 Å². The number of allylic oxidation sites excluding steroid dienone is 1. The summed E-state index contributed by atoms with van der Waals surface area (Å²) in [6.07, 6.45) is 5.35. The molecule has 2 aliphatic heterocycles. The smallest absolute Gasteiger partial charge is 0.259 e. The van der Waals surface area contributed by atoms with Gasteiger partial charge in [-0.15, -0.1) is 0 Å². The number of fused-ring (bicyclic) bond motifs is 2. The highest BCUT2D eigenvalue weighted by molar-refractivity contribution is 6.10. The Morgan fingerprint density at radius 3 is 2.27 bits per heavy atom. The molecule has 1 amide bonds. The second kappa shape index (κ2) is 8.90. The summed E-state index contributed by atoms with van der Waals surface area (Å²) in [6, 6.07) is 23.4. The van der Waals surface area contributed by atoms with Crippen molar-refractivity contribution in [2.24, 2.45) is 0 Å². The van der Waals surface area contributed by atoms with E-state index in [4.69, 9.17) is 0 Å². The molecule has 3 nitrogen and oxygen atoms in total. The Bertz CT molecular complexity index is 1380. The van der Waals surface area contributed by atoms with Crippen LogP contribution in [0.1, 0.15) is 93.9 Å². The summed E-state index contributed by atoms with van der Waals surface area (Å²) in [5.41, 5.74) is 8.50. The maximum atomic E-state index is 14.1. The van der Waals surface area contributed by atoms with Gasteiger partial charge in [-0.25, -0.2) is 0 Å². The number of hydrogen-bond acceptors (Lipinski definition) is 2. The van der Waals surface area contributed by atoms with Gasteiger partial charge in [0.2, 0.25) is 0 Å². The number of benzene rings is 3. The van der Waals surface area contributed by atoms with Crippen molar-refractivity contribution >= 4 is 22.9 Å². The van der Waals surface area contributed by atoms with Gasteiger partial charge in [0.1, 0.15) is 0 Å². The summed E-state index contributed by atoms with van der Waals surface area (Å²) in [7, 11) is 0. The number of anilines is 2. The second-order valence-electron chi connectivity index (χ2n) is 12.3. The number of nitrogens with one attached hydrogen (secondary N) is 1. The summed E-state index contributed by atoms with van der Waals surface area (Å²) in [4.78, 5) is 16.1.